The van der Waals surface area contributed by atoms with E-state index in [-0.39, 0.29) is 5.78 Å². The monoisotopic (exact) mass is 314 g/mol. The molecule has 1 unspecified atom stereocenters. The summed E-state index contributed by atoms with van der Waals surface area (Å²) in [5, 5.41) is 0. The van der Waals surface area contributed by atoms with E-state index in [1.54, 1.807) is 0 Å². The number of fused-ring (bicyclic) bond motifs is 1. The fourth-order valence-corrected chi connectivity index (χ4v) is 3.13. The highest BCUT2D eigenvalue weighted by molar-refractivity contribution is 9.10. The van der Waals surface area contributed by atoms with E-state index in [0.29, 0.717) is 12.3 Å². The number of Topliss-reactive ketones (excluding diaryl/α,β-unsaturated/α-hetero) is 1. The molecule has 0 bridgehead atoms. The Balaban J connectivity index is 1.79. The molecule has 0 N–H and O–H groups in total. The average molecular weight is 315 g/mol. The van der Waals surface area contributed by atoms with Gasteiger partial charge in [0.2, 0.25) is 0 Å². The summed E-state index contributed by atoms with van der Waals surface area (Å²) in [6.07, 6.45) is 1.66. The lowest BCUT2D eigenvalue weighted by Crippen LogP contribution is -2.20. The molecule has 2 aromatic rings. The molecule has 1 aliphatic carbocycles. The van der Waals surface area contributed by atoms with Crippen LogP contribution in [0.1, 0.15) is 39.4 Å². The highest BCUT2D eigenvalue weighted by Gasteiger charge is 2.28. The third kappa shape index (κ3) is 2.37. The number of halogens is 1. The number of carbonyl (C=O) groups is 1. The number of ketones is 1. The van der Waals surface area contributed by atoms with Crippen LogP contribution in [0.15, 0.2) is 46.9 Å². The first kappa shape index (κ1) is 12.6. The molecular formula is C17H15BrO. The Morgan fingerprint density at radius 2 is 2.05 bits per heavy atom. The van der Waals surface area contributed by atoms with Gasteiger partial charge in [-0.15, -0.1) is 0 Å². The van der Waals surface area contributed by atoms with Gasteiger partial charge in [0.05, 0.1) is 0 Å². The Bertz CT molecular complexity index is 645. The summed E-state index contributed by atoms with van der Waals surface area (Å²) in [5.41, 5.74) is 4.65. The molecule has 0 spiro atoms. The second kappa shape index (κ2) is 4.93. The number of rotatable bonds is 3. The van der Waals surface area contributed by atoms with Crippen molar-refractivity contribution in [2.75, 3.05) is 0 Å². The maximum absolute atomic E-state index is 12.4. The lowest BCUT2D eigenvalue weighted by Gasteiger charge is -2.29. The molecule has 0 fully saturated rings. The Morgan fingerprint density at radius 3 is 2.84 bits per heavy atom. The molecule has 0 aliphatic heterocycles. The summed E-state index contributed by atoms with van der Waals surface area (Å²) in [6.45, 7) is 1.99. The molecular weight excluding hydrogens is 300 g/mol. The summed E-state index contributed by atoms with van der Waals surface area (Å²) >= 11 is 3.44. The number of aryl methyl sites for hydroxylation is 1. The van der Waals surface area contributed by atoms with Crippen LogP contribution in [0, 0.1) is 6.92 Å². The molecule has 2 heteroatoms. The maximum Gasteiger partial charge on any atom is 0.163 e. The lowest BCUT2D eigenvalue weighted by molar-refractivity contribution is 0.0970. The van der Waals surface area contributed by atoms with Crippen molar-refractivity contribution in [2.24, 2.45) is 0 Å². The van der Waals surface area contributed by atoms with Crippen LogP contribution in [0.5, 0.6) is 0 Å². The SMILES string of the molecule is Cc1ccc(Br)cc1C(=O)CC1Cc2ccccc21. The largest absolute Gasteiger partial charge is 0.294 e. The van der Waals surface area contributed by atoms with Crippen LogP contribution in [0.4, 0.5) is 0 Å². The van der Waals surface area contributed by atoms with E-state index in [9.17, 15) is 4.79 Å². The Kier molecular flexibility index (Phi) is 3.28. The van der Waals surface area contributed by atoms with Crippen molar-refractivity contribution >= 4 is 21.7 Å². The van der Waals surface area contributed by atoms with Gasteiger partial charge in [-0.25, -0.2) is 0 Å². The molecule has 19 heavy (non-hydrogen) atoms. The average Bonchev–Trinajstić information content (AvgIpc) is 2.38. The van der Waals surface area contributed by atoms with E-state index in [1.807, 2.05) is 25.1 Å². The van der Waals surface area contributed by atoms with Gasteiger partial charge < -0.3 is 0 Å². The van der Waals surface area contributed by atoms with Crippen molar-refractivity contribution < 1.29 is 4.79 Å². The van der Waals surface area contributed by atoms with E-state index in [0.717, 1.165) is 22.0 Å². The first-order valence-corrected chi connectivity index (χ1v) is 7.31. The smallest absolute Gasteiger partial charge is 0.163 e. The molecule has 2 aromatic carbocycles. The summed E-state index contributed by atoms with van der Waals surface area (Å²) in [4.78, 5) is 12.4. The molecule has 0 saturated carbocycles. The van der Waals surface area contributed by atoms with Crippen molar-refractivity contribution in [3.8, 4) is 0 Å². The van der Waals surface area contributed by atoms with Crippen LogP contribution in [-0.4, -0.2) is 5.78 Å². The highest BCUT2D eigenvalue weighted by atomic mass is 79.9. The van der Waals surface area contributed by atoms with E-state index in [4.69, 9.17) is 0 Å². The molecule has 0 heterocycles. The van der Waals surface area contributed by atoms with Gasteiger partial charge in [-0.3, -0.25) is 4.79 Å². The zero-order valence-electron chi connectivity index (χ0n) is 10.8. The predicted molar refractivity (Wildman–Crippen MR) is 80.7 cm³/mol. The van der Waals surface area contributed by atoms with Crippen LogP contribution in [0.25, 0.3) is 0 Å². The van der Waals surface area contributed by atoms with Gasteiger partial charge in [0, 0.05) is 16.5 Å². The predicted octanol–water partition coefficient (Wildman–Crippen LogP) is 4.67. The van der Waals surface area contributed by atoms with Gasteiger partial charge in [-0.2, -0.15) is 0 Å². The van der Waals surface area contributed by atoms with E-state index in [1.165, 1.54) is 11.1 Å². The molecule has 96 valence electrons. The van der Waals surface area contributed by atoms with Gasteiger partial charge in [0.15, 0.2) is 5.78 Å². The number of carbonyl (C=O) groups excluding carboxylic acids is 1. The van der Waals surface area contributed by atoms with Crippen LogP contribution >= 0.6 is 15.9 Å². The van der Waals surface area contributed by atoms with Crippen molar-refractivity contribution in [1.29, 1.82) is 0 Å². The van der Waals surface area contributed by atoms with Crippen LogP contribution in [0.3, 0.4) is 0 Å². The minimum Gasteiger partial charge on any atom is -0.294 e. The first-order valence-electron chi connectivity index (χ1n) is 6.52. The van der Waals surface area contributed by atoms with Gasteiger partial charge in [-0.1, -0.05) is 46.3 Å². The minimum absolute atomic E-state index is 0.248. The second-order valence-electron chi connectivity index (χ2n) is 5.19. The zero-order valence-corrected chi connectivity index (χ0v) is 12.4. The molecule has 1 nitrogen and oxygen atoms in total. The molecule has 0 saturated heterocycles. The van der Waals surface area contributed by atoms with Crippen molar-refractivity contribution in [3.63, 3.8) is 0 Å². The second-order valence-corrected chi connectivity index (χ2v) is 6.10. The number of benzene rings is 2. The van der Waals surface area contributed by atoms with Gasteiger partial charge in [0.1, 0.15) is 0 Å². The normalized spacial score (nSPS) is 16.6. The third-order valence-electron chi connectivity index (χ3n) is 3.89. The lowest BCUT2D eigenvalue weighted by atomic mass is 9.74. The molecule has 1 atom stereocenters. The Morgan fingerprint density at radius 1 is 1.26 bits per heavy atom. The maximum atomic E-state index is 12.4. The van der Waals surface area contributed by atoms with Gasteiger partial charge in [0.25, 0.3) is 0 Å². The minimum atomic E-state index is 0.248. The summed E-state index contributed by atoms with van der Waals surface area (Å²) in [6, 6.07) is 14.3. The standard InChI is InChI=1S/C17H15BrO/c1-11-6-7-14(18)10-16(11)17(19)9-13-8-12-4-2-3-5-15(12)13/h2-7,10,13H,8-9H2,1H3. The Labute approximate surface area is 121 Å². The molecule has 3 rings (SSSR count). The van der Waals surface area contributed by atoms with Crippen LogP contribution in [-0.2, 0) is 6.42 Å². The van der Waals surface area contributed by atoms with Gasteiger partial charge in [-0.05, 0) is 48.1 Å². The fraction of sp³-hybridized carbons (Fsp3) is 0.235. The number of hydrogen-bond donors (Lipinski definition) is 0. The Hall–Kier alpha value is -1.41. The summed E-state index contributed by atoms with van der Waals surface area (Å²) in [5.74, 6) is 0.653. The van der Waals surface area contributed by atoms with Crippen molar-refractivity contribution in [3.05, 3.63) is 69.2 Å². The summed E-state index contributed by atoms with van der Waals surface area (Å²) in [7, 11) is 0. The van der Waals surface area contributed by atoms with Crippen LogP contribution in [0.2, 0.25) is 0 Å². The van der Waals surface area contributed by atoms with Crippen molar-refractivity contribution in [1.82, 2.24) is 0 Å². The number of hydrogen-bond acceptors (Lipinski definition) is 1. The quantitative estimate of drug-likeness (QED) is 0.752. The van der Waals surface area contributed by atoms with E-state index < -0.39 is 0 Å². The van der Waals surface area contributed by atoms with E-state index in [2.05, 4.69) is 40.2 Å². The van der Waals surface area contributed by atoms with Gasteiger partial charge >= 0.3 is 0 Å². The zero-order chi connectivity index (χ0) is 13.4. The topological polar surface area (TPSA) is 17.1 Å². The van der Waals surface area contributed by atoms with Crippen molar-refractivity contribution in [2.45, 2.75) is 25.7 Å². The molecule has 0 aromatic heterocycles. The molecule has 0 radical (unpaired) electrons. The molecule has 0 amide bonds. The van der Waals surface area contributed by atoms with E-state index >= 15 is 0 Å². The first-order chi connectivity index (χ1) is 9.15. The summed E-state index contributed by atoms with van der Waals surface area (Å²) < 4.78 is 0.968. The molecule has 1 aliphatic rings. The third-order valence-corrected chi connectivity index (χ3v) is 4.39. The fourth-order valence-electron chi connectivity index (χ4n) is 2.77. The highest BCUT2D eigenvalue weighted by Crippen LogP contribution is 2.38. The van der Waals surface area contributed by atoms with Crippen LogP contribution < -0.4 is 0 Å².